The molecule has 0 N–H and O–H groups in total. The van der Waals surface area contributed by atoms with Crippen molar-refractivity contribution in [2.75, 3.05) is 13.1 Å². The molecule has 1 aliphatic heterocycles. The Hall–Kier alpha value is -1.56. The maximum Gasteiger partial charge on any atom is 0.410 e. The second-order valence-electron chi connectivity index (χ2n) is 8.45. The number of hydrogen-bond acceptors (Lipinski definition) is 3. The minimum Gasteiger partial charge on any atom is -0.444 e. The summed E-state index contributed by atoms with van der Waals surface area (Å²) < 4.78 is 6.50. The molecule has 0 bridgehead atoms. The first-order valence-corrected chi connectivity index (χ1v) is 10.4. The third-order valence-corrected chi connectivity index (χ3v) is 5.12. The number of hydrogen-bond donors (Lipinski definition) is 0. The summed E-state index contributed by atoms with van der Waals surface area (Å²) in [6.45, 7) is 11.3. The van der Waals surface area contributed by atoms with Crippen molar-refractivity contribution in [2.45, 2.75) is 65.6 Å². The normalized spacial score (nSPS) is 17.7. The van der Waals surface area contributed by atoms with Crippen molar-refractivity contribution in [1.29, 1.82) is 0 Å². The van der Waals surface area contributed by atoms with E-state index in [1.54, 1.807) is 4.90 Å². The van der Waals surface area contributed by atoms with Gasteiger partial charge in [-0.2, -0.15) is 0 Å². The molecule has 0 saturated carbocycles. The summed E-state index contributed by atoms with van der Waals surface area (Å²) in [7, 11) is 0. The van der Waals surface area contributed by atoms with Gasteiger partial charge in [-0.15, -0.1) is 0 Å². The highest BCUT2D eigenvalue weighted by Crippen LogP contribution is 2.23. The van der Waals surface area contributed by atoms with E-state index in [0.717, 1.165) is 22.9 Å². The average molecular weight is 439 g/mol. The number of piperidine rings is 1. The lowest BCUT2D eigenvalue weighted by Gasteiger charge is -2.37. The second-order valence-corrected chi connectivity index (χ2v) is 9.37. The molecule has 1 fully saturated rings. The van der Waals surface area contributed by atoms with E-state index >= 15 is 0 Å². The van der Waals surface area contributed by atoms with Crippen molar-refractivity contribution in [3.63, 3.8) is 0 Å². The quantitative estimate of drug-likeness (QED) is 0.675. The largest absolute Gasteiger partial charge is 0.444 e. The van der Waals surface area contributed by atoms with E-state index in [0.29, 0.717) is 19.6 Å². The topological polar surface area (TPSA) is 49.9 Å². The van der Waals surface area contributed by atoms with Gasteiger partial charge in [-0.1, -0.05) is 28.1 Å². The summed E-state index contributed by atoms with van der Waals surface area (Å²) in [5.74, 6) is -0.0645. The summed E-state index contributed by atoms with van der Waals surface area (Å²) in [5.41, 5.74) is 0.569. The van der Waals surface area contributed by atoms with Crippen molar-refractivity contribution in [2.24, 2.45) is 5.92 Å². The summed E-state index contributed by atoms with van der Waals surface area (Å²) in [6.07, 6.45) is 1.30. The van der Waals surface area contributed by atoms with Crippen molar-refractivity contribution >= 4 is 27.9 Å². The van der Waals surface area contributed by atoms with Crippen molar-refractivity contribution in [1.82, 2.24) is 9.80 Å². The van der Waals surface area contributed by atoms with Crippen LogP contribution in [0.4, 0.5) is 4.79 Å². The number of benzene rings is 1. The Morgan fingerprint density at radius 1 is 1.26 bits per heavy atom. The molecule has 2 amide bonds. The maximum atomic E-state index is 13.2. The van der Waals surface area contributed by atoms with Gasteiger partial charge in [0.1, 0.15) is 5.60 Å². The van der Waals surface area contributed by atoms with Crippen LogP contribution in [0.3, 0.4) is 0 Å². The molecule has 1 aromatic rings. The number of nitrogens with zero attached hydrogens (tertiary/aromatic N) is 2. The standard InChI is InChI=1S/C21H31BrN2O3/c1-15(2)24(13-16-8-10-18(22)11-9-16)19(25)17-7-6-12-23(14-17)20(26)27-21(3,4)5/h8-11,15,17H,6-7,12-14H2,1-5H3/t17-/m0/s1. The van der Waals surface area contributed by atoms with Gasteiger partial charge in [0.05, 0.1) is 5.92 Å². The number of carbonyl (C=O) groups excluding carboxylic acids is 2. The lowest BCUT2D eigenvalue weighted by molar-refractivity contribution is -0.139. The number of likely N-dealkylation sites (tertiary alicyclic amines) is 1. The van der Waals surface area contributed by atoms with Crippen molar-refractivity contribution < 1.29 is 14.3 Å². The summed E-state index contributed by atoms with van der Waals surface area (Å²) >= 11 is 3.44. The zero-order chi connectivity index (χ0) is 20.2. The van der Waals surface area contributed by atoms with E-state index in [1.165, 1.54) is 0 Å². The van der Waals surface area contributed by atoms with Crippen LogP contribution in [0.15, 0.2) is 28.7 Å². The predicted molar refractivity (Wildman–Crippen MR) is 110 cm³/mol. The van der Waals surface area contributed by atoms with Crippen LogP contribution in [0.1, 0.15) is 53.0 Å². The highest BCUT2D eigenvalue weighted by atomic mass is 79.9. The molecule has 2 rings (SSSR count). The zero-order valence-corrected chi connectivity index (χ0v) is 18.6. The molecule has 6 heteroatoms. The Labute approximate surface area is 171 Å². The van der Waals surface area contributed by atoms with Gasteiger partial charge in [0.15, 0.2) is 0 Å². The van der Waals surface area contributed by atoms with Crippen LogP contribution in [0, 0.1) is 5.92 Å². The van der Waals surface area contributed by atoms with E-state index in [2.05, 4.69) is 15.9 Å². The molecule has 1 saturated heterocycles. The van der Waals surface area contributed by atoms with E-state index in [9.17, 15) is 9.59 Å². The number of amides is 2. The first-order valence-electron chi connectivity index (χ1n) is 9.59. The van der Waals surface area contributed by atoms with Gasteiger partial charge in [-0.05, 0) is 65.2 Å². The highest BCUT2D eigenvalue weighted by molar-refractivity contribution is 9.10. The molecule has 0 spiro atoms. The minimum atomic E-state index is -0.528. The van der Waals surface area contributed by atoms with Crippen LogP contribution >= 0.6 is 15.9 Å². The van der Waals surface area contributed by atoms with Crippen LogP contribution in [0.2, 0.25) is 0 Å². The smallest absolute Gasteiger partial charge is 0.410 e. The van der Waals surface area contributed by atoms with Crippen LogP contribution in [-0.2, 0) is 16.1 Å². The Balaban J connectivity index is 2.06. The molecule has 150 valence electrons. The summed E-state index contributed by atoms with van der Waals surface area (Å²) in [6, 6.07) is 8.13. The summed E-state index contributed by atoms with van der Waals surface area (Å²) in [4.78, 5) is 29.2. The third kappa shape index (κ3) is 6.52. The highest BCUT2D eigenvalue weighted by Gasteiger charge is 2.33. The third-order valence-electron chi connectivity index (χ3n) is 4.59. The van der Waals surface area contributed by atoms with Gasteiger partial charge in [0, 0.05) is 30.1 Å². The van der Waals surface area contributed by atoms with Crippen LogP contribution in [0.25, 0.3) is 0 Å². The fourth-order valence-corrected chi connectivity index (χ4v) is 3.47. The van der Waals surface area contributed by atoms with Crippen molar-refractivity contribution in [3.05, 3.63) is 34.3 Å². The van der Waals surface area contributed by atoms with Gasteiger partial charge < -0.3 is 14.5 Å². The van der Waals surface area contributed by atoms with E-state index < -0.39 is 5.60 Å². The lowest BCUT2D eigenvalue weighted by Crippen LogP contribution is -2.49. The van der Waals surface area contributed by atoms with E-state index in [4.69, 9.17) is 4.74 Å². The van der Waals surface area contributed by atoms with E-state index in [1.807, 2.05) is 63.8 Å². The maximum absolute atomic E-state index is 13.2. The van der Waals surface area contributed by atoms with Crippen LogP contribution in [-0.4, -0.2) is 46.5 Å². The number of rotatable bonds is 4. The van der Waals surface area contributed by atoms with Crippen LogP contribution in [0.5, 0.6) is 0 Å². The minimum absolute atomic E-state index is 0.0954. The van der Waals surface area contributed by atoms with Crippen molar-refractivity contribution in [3.8, 4) is 0 Å². The van der Waals surface area contributed by atoms with Crippen LogP contribution < -0.4 is 0 Å². The molecule has 27 heavy (non-hydrogen) atoms. The van der Waals surface area contributed by atoms with Gasteiger partial charge in [-0.3, -0.25) is 4.79 Å². The van der Waals surface area contributed by atoms with Gasteiger partial charge >= 0.3 is 6.09 Å². The molecule has 1 atom stereocenters. The Morgan fingerprint density at radius 2 is 1.89 bits per heavy atom. The molecule has 1 aromatic carbocycles. The Kier molecular flexibility index (Phi) is 7.32. The van der Waals surface area contributed by atoms with Gasteiger partial charge in [0.25, 0.3) is 0 Å². The lowest BCUT2D eigenvalue weighted by atomic mass is 9.96. The summed E-state index contributed by atoms with van der Waals surface area (Å²) in [5, 5.41) is 0. The zero-order valence-electron chi connectivity index (χ0n) is 17.0. The van der Waals surface area contributed by atoms with Gasteiger partial charge in [0.2, 0.25) is 5.91 Å². The molecule has 0 unspecified atom stereocenters. The Bertz CT molecular complexity index is 652. The molecular weight excluding hydrogens is 408 g/mol. The molecule has 0 radical (unpaired) electrons. The van der Waals surface area contributed by atoms with E-state index in [-0.39, 0.29) is 24.0 Å². The fraction of sp³-hybridized carbons (Fsp3) is 0.619. The SMILES string of the molecule is CC(C)N(Cc1ccc(Br)cc1)C(=O)[C@H]1CCCN(C(=O)OC(C)(C)C)C1. The number of carbonyl (C=O) groups is 2. The molecule has 5 nitrogen and oxygen atoms in total. The molecule has 0 aromatic heterocycles. The predicted octanol–water partition coefficient (Wildman–Crippen LogP) is 4.83. The molecule has 1 heterocycles. The average Bonchev–Trinajstić information content (AvgIpc) is 2.59. The molecule has 0 aliphatic carbocycles. The number of ether oxygens (including phenoxy) is 1. The first kappa shape index (κ1) is 21.7. The molecular formula is C21H31BrN2O3. The monoisotopic (exact) mass is 438 g/mol. The Morgan fingerprint density at radius 3 is 2.44 bits per heavy atom. The fourth-order valence-electron chi connectivity index (χ4n) is 3.21. The first-order chi connectivity index (χ1) is 12.6. The number of halogens is 1. The van der Waals surface area contributed by atoms with Gasteiger partial charge in [-0.25, -0.2) is 4.79 Å². The molecule has 1 aliphatic rings. The second kappa shape index (κ2) is 9.09.